The number of likely N-dealkylation sites (N-methyl/N-ethyl adjacent to an activating group) is 2. The number of hydrogen-bond donors (Lipinski definition) is 0. The Morgan fingerprint density at radius 3 is 0.977 bits per heavy atom. The zero-order chi connectivity index (χ0) is 32.4. The van der Waals surface area contributed by atoms with Crippen molar-refractivity contribution >= 4 is 11.9 Å². The molecule has 0 aromatic carbocycles. The van der Waals surface area contributed by atoms with E-state index in [1.807, 2.05) is 13.8 Å². The van der Waals surface area contributed by atoms with E-state index in [2.05, 4.69) is 42.0 Å². The summed E-state index contributed by atoms with van der Waals surface area (Å²) in [7, 11) is 8.43. The molecule has 0 N–H and O–H groups in total. The molecule has 0 aromatic heterocycles. The van der Waals surface area contributed by atoms with E-state index in [0.717, 1.165) is 45.2 Å². The van der Waals surface area contributed by atoms with Gasteiger partial charge in [0.2, 0.25) is 0 Å². The van der Waals surface area contributed by atoms with E-state index >= 15 is 0 Å². The zero-order valence-corrected chi connectivity index (χ0v) is 32.3. The van der Waals surface area contributed by atoms with Gasteiger partial charge in [-0.25, -0.2) is 9.59 Å². The van der Waals surface area contributed by atoms with Gasteiger partial charge in [-0.05, 0) is 26.7 Å². The van der Waals surface area contributed by atoms with Gasteiger partial charge in [0.1, 0.15) is 0 Å². The van der Waals surface area contributed by atoms with Crippen LogP contribution in [0.1, 0.15) is 163 Å². The van der Waals surface area contributed by atoms with Crippen LogP contribution in [0.15, 0.2) is 0 Å². The number of rotatable bonds is 30. The van der Waals surface area contributed by atoms with Crippen LogP contribution in [0.2, 0.25) is 0 Å². The normalized spacial score (nSPS) is 13.3. The second-order valence-corrected chi connectivity index (χ2v) is 14.4. The van der Waals surface area contributed by atoms with Crippen molar-refractivity contribution in [2.75, 3.05) is 54.5 Å². The van der Waals surface area contributed by atoms with Crippen molar-refractivity contribution < 1.29 is 45.0 Å². The first-order valence-corrected chi connectivity index (χ1v) is 18.5. The molecule has 0 aliphatic carbocycles. The minimum atomic E-state index is -0.206. The fourth-order valence-corrected chi connectivity index (χ4v) is 5.61. The number of quaternary nitrogens is 2. The molecule has 0 saturated carbocycles. The molecule has 0 heterocycles. The predicted molar refractivity (Wildman–Crippen MR) is 183 cm³/mol. The fraction of sp³-hybridized carbons (Fsp3) is 0.946. The molecule has 0 bridgehead atoms. The third-order valence-corrected chi connectivity index (χ3v) is 9.73. The van der Waals surface area contributed by atoms with Gasteiger partial charge in [-0.1, -0.05) is 129 Å². The monoisotopic (exact) mass is 691 g/mol. The van der Waals surface area contributed by atoms with Crippen molar-refractivity contribution in [2.24, 2.45) is 0 Å². The Labute approximate surface area is 285 Å². The molecule has 264 valence electrons. The Hall–Kier alpha value is -0.660. The standard InChI is InChI=1S/C37H76N2O4.BrH/c1-9-11-13-15-17-19-21-23-25-27-32-42-36(40)34(3)38(5,6)30-29-31-39(7,8)35(4)37(41)43-33-28-26-24-22-20-18-16-14-12-10-2;/h34-35H,9-33H2,1-8H3;1H/q+2;/p-1. The van der Waals surface area contributed by atoms with Crippen LogP contribution in [0.3, 0.4) is 0 Å². The lowest BCUT2D eigenvalue weighted by molar-refractivity contribution is -0.923. The summed E-state index contributed by atoms with van der Waals surface area (Å²) in [5, 5.41) is 0. The highest BCUT2D eigenvalue weighted by Gasteiger charge is 2.35. The van der Waals surface area contributed by atoms with Gasteiger partial charge in [0.15, 0.2) is 12.1 Å². The molecule has 0 radical (unpaired) electrons. The van der Waals surface area contributed by atoms with E-state index in [1.165, 1.54) is 103 Å². The lowest BCUT2D eigenvalue weighted by atomic mass is 10.1. The summed E-state index contributed by atoms with van der Waals surface area (Å²) in [6, 6.07) is -0.413. The molecule has 0 aliphatic heterocycles. The number of ether oxygens (including phenoxy) is 2. The molecule has 0 aliphatic rings. The average molecular weight is 693 g/mol. The molecule has 0 amide bonds. The molecule has 7 heteroatoms. The van der Waals surface area contributed by atoms with Crippen molar-refractivity contribution in [3.05, 3.63) is 0 Å². The molecule has 44 heavy (non-hydrogen) atoms. The SMILES string of the molecule is CCCCCCCCCCCCOC(=O)C(C)[N+](C)(C)CCC[N+](C)(C)C(C)C(=O)OCCCCCCCCCCCC.[Br-]. The Bertz CT molecular complexity index is 630. The molecule has 0 fully saturated rings. The highest BCUT2D eigenvalue weighted by molar-refractivity contribution is 5.74. The molecule has 0 aromatic rings. The first-order valence-electron chi connectivity index (χ1n) is 18.5. The predicted octanol–water partition coefficient (Wildman–Crippen LogP) is 6.24. The molecule has 2 unspecified atom stereocenters. The summed E-state index contributed by atoms with van der Waals surface area (Å²) in [4.78, 5) is 25.5. The van der Waals surface area contributed by atoms with Crippen molar-refractivity contribution in [3.8, 4) is 0 Å². The minimum absolute atomic E-state index is 0. The highest BCUT2D eigenvalue weighted by atomic mass is 79.9. The van der Waals surface area contributed by atoms with Crippen LogP contribution in [0.25, 0.3) is 0 Å². The Kier molecular flexibility index (Phi) is 29.5. The molecule has 0 spiro atoms. The van der Waals surface area contributed by atoms with Crippen LogP contribution in [0, 0.1) is 0 Å². The summed E-state index contributed by atoms with van der Waals surface area (Å²) in [5.41, 5.74) is 0. The number of carbonyl (C=O) groups excluding carboxylic acids is 2. The maximum Gasteiger partial charge on any atom is 0.364 e. The molecular formula is C37H76BrN2O4+. The second-order valence-electron chi connectivity index (χ2n) is 14.4. The van der Waals surface area contributed by atoms with Gasteiger partial charge < -0.3 is 35.4 Å². The molecule has 6 nitrogen and oxygen atoms in total. The van der Waals surface area contributed by atoms with Gasteiger partial charge in [-0.3, -0.25) is 0 Å². The van der Waals surface area contributed by atoms with Gasteiger partial charge in [0.25, 0.3) is 0 Å². The summed E-state index contributed by atoms with van der Waals surface area (Å²) in [6.07, 6.45) is 26.4. The zero-order valence-electron chi connectivity index (χ0n) is 30.7. The van der Waals surface area contributed by atoms with E-state index in [9.17, 15) is 9.59 Å². The first-order chi connectivity index (χ1) is 20.5. The van der Waals surface area contributed by atoms with Crippen LogP contribution in [-0.2, 0) is 19.1 Å². The fourth-order valence-electron chi connectivity index (χ4n) is 5.61. The van der Waals surface area contributed by atoms with Crippen LogP contribution < -0.4 is 17.0 Å². The van der Waals surface area contributed by atoms with Crippen molar-refractivity contribution in [1.29, 1.82) is 0 Å². The third kappa shape index (κ3) is 23.6. The Morgan fingerprint density at radius 2 is 0.705 bits per heavy atom. The second kappa shape index (κ2) is 28.6. The van der Waals surface area contributed by atoms with E-state index in [0.29, 0.717) is 22.2 Å². The Morgan fingerprint density at radius 1 is 0.455 bits per heavy atom. The van der Waals surface area contributed by atoms with Gasteiger partial charge in [-0.15, -0.1) is 0 Å². The van der Waals surface area contributed by atoms with Crippen molar-refractivity contribution in [3.63, 3.8) is 0 Å². The van der Waals surface area contributed by atoms with E-state index in [1.54, 1.807) is 0 Å². The van der Waals surface area contributed by atoms with Crippen LogP contribution in [0.5, 0.6) is 0 Å². The number of hydrogen-bond acceptors (Lipinski definition) is 4. The number of carbonyl (C=O) groups is 2. The maximum absolute atomic E-state index is 12.8. The number of nitrogens with zero attached hydrogens (tertiary/aromatic N) is 2. The third-order valence-electron chi connectivity index (χ3n) is 9.73. The van der Waals surface area contributed by atoms with Gasteiger partial charge in [0.05, 0.1) is 54.5 Å². The molecule has 0 rings (SSSR count). The smallest absolute Gasteiger partial charge is 0.364 e. The quantitative estimate of drug-likeness (QED) is 0.0509. The maximum atomic E-state index is 12.8. The van der Waals surface area contributed by atoms with E-state index < -0.39 is 0 Å². The lowest BCUT2D eigenvalue weighted by Crippen LogP contribution is -3.00. The number of halogens is 1. The molecular weight excluding hydrogens is 616 g/mol. The summed E-state index contributed by atoms with van der Waals surface area (Å²) in [5.74, 6) is -0.197. The van der Waals surface area contributed by atoms with Gasteiger partial charge in [0, 0.05) is 6.42 Å². The lowest BCUT2D eigenvalue weighted by Gasteiger charge is -2.38. The van der Waals surface area contributed by atoms with Crippen LogP contribution >= 0.6 is 0 Å². The van der Waals surface area contributed by atoms with Crippen LogP contribution in [-0.4, -0.2) is 87.5 Å². The van der Waals surface area contributed by atoms with Crippen molar-refractivity contribution in [1.82, 2.24) is 0 Å². The number of unbranched alkanes of at least 4 members (excludes halogenated alkanes) is 18. The summed E-state index contributed by atoms with van der Waals surface area (Å²) in [6.45, 7) is 11.3. The topological polar surface area (TPSA) is 52.6 Å². The summed E-state index contributed by atoms with van der Waals surface area (Å²) < 4.78 is 12.5. The number of esters is 2. The van der Waals surface area contributed by atoms with E-state index in [-0.39, 0.29) is 41.0 Å². The van der Waals surface area contributed by atoms with E-state index in [4.69, 9.17) is 9.47 Å². The molecule has 2 atom stereocenters. The van der Waals surface area contributed by atoms with Gasteiger partial charge in [-0.2, -0.15) is 0 Å². The van der Waals surface area contributed by atoms with Crippen LogP contribution in [0.4, 0.5) is 0 Å². The largest absolute Gasteiger partial charge is 1.00 e. The Balaban J connectivity index is 0. The average Bonchev–Trinajstić information content (AvgIpc) is 2.97. The minimum Gasteiger partial charge on any atom is -1.00 e. The van der Waals surface area contributed by atoms with Gasteiger partial charge >= 0.3 is 11.9 Å². The van der Waals surface area contributed by atoms with Crippen molar-refractivity contribution in [2.45, 2.75) is 175 Å². The summed E-state index contributed by atoms with van der Waals surface area (Å²) >= 11 is 0. The molecule has 0 saturated heterocycles. The first kappa shape index (κ1) is 45.5. The highest BCUT2D eigenvalue weighted by Crippen LogP contribution is 2.16.